The van der Waals surface area contributed by atoms with Gasteiger partial charge in [-0.1, -0.05) is 20.8 Å². The van der Waals surface area contributed by atoms with Crippen molar-refractivity contribution in [1.82, 2.24) is 0 Å². The zero-order valence-corrected chi connectivity index (χ0v) is 12.4. The molecule has 0 aromatic heterocycles. The van der Waals surface area contributed by atoms with Gasteiger partial charge in [-0.15, -0.1) is 0 Å². The Morgan fingerprint density at radius 3 is 2.60 bits per heavy atom. The molecule has 1 nitrogen and oxygen atoms in total. The summed E-state index contributed by atoms with van der Waals surface area (Å²) in [4.78, 5) is 12.2. The van der Waals surface area contributed by atoms with E-state index in [4.69, 9.17) is 0 Å². The number of carbonyl (C=O) groups is 1. The smallest absolute Gasteiger partial charge is 0.136 e. The Kier molecular flexibility index (Phi) is 4.26. The third kappa shape index (κ3) is 3.25. The molecule has 1 saturated carbocycles. The second-order valence-electron chi connectivity index (χ2n) is 6.81. The summed E-state index contributed by atoms with van der Waals surface area (Å²) in [6.07, 6.45) is 2.89. The van der Waals surface area contributed by atoms with Crippen LogP contribution in [0, 0.1) is 28.9 Å². The van der Waals surface area contributed by atoms with E-state index in [1.54, 1.807) is 0 Å². The Bertz CT molecular complexity index is 508. The molecule has 0 aliphatic heterocycles. The number of benzene rings is 1. The molecular formula is C17H22F2O. The molecule has 1 fully saturated rings. The van der Waals surface area contributed by atoms with Crippen LogP contribution in [-0.2, 0) is 11.2 Å². The van der Waals surface area contributed by atoms with Crippen molar-refractivity contribution in [3.8, 4) is 0 Å². The molecule has 1 aliphatic rings. The lowest BCUT2D eigenvalue weighted by Crippen LogP contribution is -2.37. The summed E-state index contributed by atoms with van der Waals surface area (Å²) in [5.74, 6) is -0.163. The average molecular weight is 280 g/mol. The van der Waals surface area contributed by atoms with Crippen LogP contribution < -0.4 is 0 Å². The van der Waals surface area contributed by atoms with Gasteiger partial charge in [-0.25, -0.2) is 8.78 Å². The Balaban J connectivity index is 2.18. The van der Waals surface area contributed by atoms with Gasteiger partial charge in [-0.3, -0.25) is 4.79 Å². The molecular weight excluding hydrogens is 258 g/mol. The molecule has 0 radical (unpaired) electrons. The van der Waals surface area contributed by atoms with Crippen molar-refractivity contribution in [2.24, 2.45) is 17.3 Å². The summed E-state index contributed by atoms with van der Waals surface area (Å²) in [5, 5.41) is 0. The van der Waals surface area contributed by atoms with Crippen molar-refractivity contribution in [2.45, 2.75) is 46.5 Å². The van der Waals surface area contributed by atoms with E-state index in [-0.39, 0.29) is 17.1 Å². The number of hydrogen-bond acceptors (Lipinski definition) is 1. The zero-order chi connectivity index (χ0) is 14.9. The number of Topliss-reactive ketones (excluding diaryl/α,β-unsaturated/α-hetero) is 1. The van der Waals surface area contributed by atoms with Gasteiger partial charge in [0, 0.05) is 12.3 Å². The minimum Gasteiger partial charge on any atom is -0.299 e. The first kappa shape index (κ1) is 15.1. The minimum atomic E-state index is -0.430. The first-order chi connectivity index (χ1) is 9.29. The topological polar surface area (TPSA) is 17.1 Å². The predicted molar refractivity (Wildman–Crippen MR) is 75.4 cm³/mol. The molecule has 2 atom stereocenters. The molecule has 0 saturated heterocycles. The minimum absolute atomic E-state index is 0.0543. The average Bonchev–Trinajstić information content (AvgIpc) is 2.33. The lowest BCUT2D eigenvalue weighted by molar-refractivity contribution is -0.129. The third-order valence-corrected chi connectivity index (χ3v) is 4.48. The quantitative estimate of drug-likeness (QED) is 0.794. The fourth-order valence-electron chi connectivity index (χ4n) is 3.32. The highest BCUT2D eigenvalue weighted by atomic mass is 19.1. The van der Waals surface area contributed by atoms with E-state index >= 15 is 0 Å². The normalized spacial score (nSPS) is 23.9. The zero-order valence-electron chi connectivity index (χ0n) is 12.4. The van der Waals surface area contributed by atoms with Crippen LogP contribution in [0.4, 0.5) is 8.78 Å². The SMILES string of the molecule is CC1CCC(C(C)(C)Cc2cc(F)ccc2F)C(=O)C1. The van der Waals surface area contributed by atoms with E-state index in [1.165, 1.54) is 6.07 Å². The van der Waals surface area contributed by atoms with Gasteiger partial charge in [0.15, 0.2) is 0 Å². The lowest BCUT2D eigenvalue weighted by Gasteiger charge is -2.37. The highest BCUT2D eigenvalue weighted by molar-refractivity contribution is 5.82. The molecule has 0 bridgehead atoms. The van der Waals surface area contributed by atoms with Crippen LogP contribution in [0.3, 0.4) is 0 Å². The van der Waals surface area contributed by atoms with Crippen LogP contribution in [0.25, 0.3) is 0 Å². The van der Waals surface area contributed by atoms with Crippen molar-refractivity contribution in [3.63, 3.8) is 0 Å². The molecule has 0 heterocycles. The maximum Gasteiger partial charge on any atom is 0.136 e. The molecule has 1 aromatic rings. The number of ketones is 1. The Hall–Kier alpha value is -1.25. The van der Waals surface area contributed by atoms with Crippen LogP contribution in [0.1, 0.15) is 45.6 Å². The maximum atomic E-state index is 13.8. The van der Waals surface area contributed by atoms with Gasteiger partial charge in [0.05, 0.1) is 0 Å². The van der Waals surface area contributed by atoms with Crippen molar-refractivity contribution in [3.05, 3.63) is 35.4 Å². The number of carbonyl (C=O) groups excluding carboxylic acids is 1. The molecule has 1 aliphatic carbocycles. The van der Waals surface area contributed by atoms with Crippen molar-refractivity contribution < 1.29 is 13.6 Å². The highest BCUT2D eigenvalue weighted by Crippen LogP contribution is 2.40. The van der Waals surface area contributed by atoms with Crippen molar-refractivity contribution in [1.29, 1.82) is 0 Å². The van der Waals surface area contributed by atoms with E-state index in [0.29, 0.717) is 24.3 Å². The molecule has 2 rings (SSSR count). The van der Waals surface area contributed by atoms with E-state index < -0.39 is 11.6 Å². The Labute approximate surface area is 119 Å². The van der Waals surface area contributed by atoms with E-state index in [2.05, 4.69) is 6.92 Å². The maximum absolute atomic E-state index is 13.8. The van der Waals surface area contributed by atoms with Gasteiger partial charge in [-0.2, -0.15) is 0 Å². The molecule has 20 heavy (non-hydrogen) atoms. The summed E-state index contributed by atoms with van der Waals surface area (Å²) >= 11 is 0. The number of rotatable bonds is 3. The number of hydrogen-bond donors (Lipinski definition) is 0. The Morgan fingerprint density at radius 1 is 1.25 bits per heavy atom. The summed E-state index contributed by atoms with van der Waals surface area (Å²) in [5.41, 5.74) is 0.0210. The van der Waals surface area contributed by atoms with Crippen molar-refractivity contribution >= 4 is 5.78 Å². The lowest BCUT2D eigenvalue weighted by atomic mass is 9.66. The van der Waals surface area contributed by atoms with Crippen molar-refractivity contribution in [2.75, 3.05) is 0 Å². The van der Waals surface area contributed by atoms with E-state index in [0.717, 1.165) is 25.0 Å². The van der Waals surface area contributed by atoms with Gasteiger partial charge in [0.2, 0.25) is 0 Å². The van der Waals surface area contributed by atoms with Gasteiger partial charge in [-0.05, 0) is 54.4 Å². The van der Waals surface area contributed by atoms with Gasteiger partial charge >= 0.3 is 0 Å². The van der Waals surface area contributed by atoms with Crippen LogP contribution in [-0.4, -0.2) is 5.78 Å². The summed E-state index contributed by atoms with van der Waals surface area (Å²) in [6.45, 7) is 6.05. The largest absolute Gasteiger partial charge is 0.299 e. The molecule has 110 valence electrons. The fourth-order valence-corrected chi connectivity index (χ4v) is 3.32. The van der Waals surface area contributed by atoms with Gasteiger partial charge in [0.25, 0.3) is 0 Å². The van der Waals surface area contributed by atoms with Crippen LogP contribution in [0.5, 0.6) is 0 Å². The molecule has 1 aromatic carbocycles. The standard InChI is InChI=1S/C17H22F2O/c1-11-4-6-14(16(20)8-11)17(2,3)10-12-9-13(18)5-7-15(12)19/h5,7,9,11,14H,4,6,8,10H2,1-3H3. The number of halogens is 2. The molecule has 0 spiro atoms. The van der Waals surface area contributed by atoms with Gasteiger partial charge < -0.3 is 0 Å². The molecule has 0 amide bonds. The van der Waals surface area contributed by atoms with E-state index in [9.17, 15) is 13.6 Å². The van der Waals surface area contributed by atoms with Crippen LogP contribution >= 0.6 is 0 Å². The predicted octanol–water partition coefficient (Wildman–Crippen LogP) is 4.54. The van der Waals surface area contributed by atoms with E-state index in [1.807, 2.05) is 13.8 Å². The first-order valence-corrected chi connectivity index (χ1v) is 7.26. The second kappa shape index (κ2) is 5.63. The first-order valence-electron chi connectivity index (χ1n) is 7.26. The fraction of sp³-hybridized carbons (Fsp3) is 0.588. The van der Waals surface area contributed by atoms with Crippen LogP contribution in [0.2, 0.25) is 0 Å². The molecule has 0 N–H and O–H groups in total. The second-order valence-corrected chi connectivity index (χ2v) is 6.81. The monoisotopic (exact) mass is 280 g/mol. The summed E-state index contributed by atoms with van der Waals surface area (Å²) < 4.78 is 27.0. The summed E-state index contributed by atoms with van der Waals surface area (Å²) in [7, 11) is 0. The van der Waals surface area contributed by atoms with Crippen LogP contribution in [0.15, 0.2) is 18.2 Å². The highest BCUT2D eigenvalue weighted by Gasteiger charge is 2.38. The Morgan fingerprint density at radius 2 is 1.95 bits per heavy atom. The third-order valence-electron chi connectivity index (χ3n) is 4.48. The molecule has 3 heteroatoms. The summed E-state index contributed by atoms with van der Waals surface area (Å²) in [6, 6.07) is 3.53. The molecule has 2 unspecified atom stereocenters. The van der Waals surface area contributed by atoms with Gasteiger partial charge in [0.1, 0.15) is 17.4 Å².